The molecule has 8 saturated carbocycles. The maximum absolute atomic E-state index is 15.1. The Morgan fingerprint density at radius 1 is 0.514 bits per heavy atom. The van der Waals surface area contributed by atoms with Crippen LogP contribution in [0.5, 0.6) is 0 Å². The van der Waals surface area contributed by atoms with E-state index in [1.807, 2.05) is 39.8 Å². The minimum Gasteiger partial charge on any atom is -0.458 e. The molecule has 8 aliphatic rings. The Labute approximate surface area is 442 Å². The first-order valence-electron chi connectivity index (χ1n) is 28.7. The Hall–Kier alpha value is -3.32. The van der Waals surface area contributed by atoms with E-state index in [0.29, 0.717) is 62.5 Å². The number of carbonyl (C=O) groups is 4. The lowest BCUT2D eigenvalue weighted by Gasteiger charge is -2.69. The van der Waals surface area contributed by atoms with Gasteiger partial charge in [0.2, 0.25) is 0 Å². The number of ether oxygens (including phenoxy) is 2. The van der Waals surface area contributed by atoms with Crippen molar-refractivity contribution < 1.29 is 58.9 Å². The van der Waals surface area contributed by atoms with Crippen LogP contribution in [-0.4, -0.2) is 80.9 Å². The average Bonchev–Trinajstić information content (AvgIpc) is 3.74. The minimum absolute atomic E-state index is 0.0859. The highest BCUT2D eigenvalue weighted by Gasteiger charge is 2.73. The van der Waals surface area contributed by atoms with Gasteiger partial charge in [-0.05, 0) is 221 Å². The van der Waals surface area contributed by atoms with Crippen LogP contribution in [0.15, 0.2) is 45.6 Å². The fourth-order valence-electron chi connectivity index (χ4n) is 19.7. The lowest BCUT2D eigenvalue weighted by molar-refractivity contribution is -0.253. The van der Waals surface area contributed by atoms with E-state index in [9.17, 15) is 30.0 Å². The molecular formula is C62H94O12. The molecule has 4 N–H and O–H groups in total. The summed E-state index contributed by atoms with van der Waals surface area (Å²) < 4.78 is 12.5. The maximum Gasteiger partial charge on any atom is 0.382 e. The highest BCUT2D eigenvalue weighted by molar-refractivity contribution is 5.93. The zero-order valence-corrected chi connectivity index (χ0v) is 47.6. The number of esters is 2. The molecule has 20 atom stereocenters. The summed E-state index contributed by atoms with van der Waals surface area (Å²) in [6, 6.07) is 0. The third-order valence-corrected chi connectivity index (χ3v) is 23.3. The van der Waals surface area contributed by atoms with E-state index in [-0.39, 0.29) is 94.4 Å². The lowest BCUT2D eigenvalue weighted by atomic mass is 9.36. The fourth-order valence-corrected chi connectivity index (χ4v) is 19.7. The third-order valence-electron chi connectivity index (χ3n) is 23.3. The van der Waals surface area contributed by atoms with Gasteiger partial charge in [-0.1, -0.05) is 78.7 Å². The summed E-state index contributed by atoms with van der Waals surface area (Å²) in [5.41, 5.74) is 1.61. The molecule has 8 fully saturated rings. The predicted octanol–water partition coefficient (Wildman–Crippen LogP) is 11.2. The summed E-state index contributed by atoms with van der Waals surface area (Å²) in [5, 5.41) is 47.2. The first-order valence-corrected chi connectivity index (χ1v) is 28.7. The van der Waals surface area contributed by atoms with Crippen LogP contribution >= 0.6 is 0 Å². The summed E-state index contributed by atoms with van der Waals surface area (Å²) >= 11 is 0. The molecule has 0 aromatic heterocycles. The van der Waals surface area contributed by atoms with Crippen LogP contribution < -0.4 is 0 Å². The molecule has 0 aliphatic heterocycles. The Balaban J connectivity index is 1.17. The summed E-state index contributed by atoms with van der Waals surface area (Å²) in [5.74, 6) is -2.85. The van der Waals surface area contributed by atoms with E-state index < -0.39 is 70.0 Å². The van der Waals surface area contributed by atoms with Gasteiger partial charge in [0.1, 0.15) is 12.2 Å². The van der Waals surface area contributed by atoms with Crippen molar-refractivity contribution in [2.24, 2.45) is 79.8 Å². The summed E-state index contributed by atoms with van der Waals surface area (Å²) in [6.07, 6.45) is 9.68. The van der Waals surface area contributed by atoms with Crippen LogP contribution in [0.1, 0.15) is 200 Å². The van der Waals surface area contributed by atoms with Crippen LogP contribution in [0.3, 0.4) is 0 Å². The van der Waals surface area contributed by atoms with Gasteiger partial charge in [0.05, 0.1) is 24.4 Å². The van der Waals surface area contributed by atoms with Crippen molar-refractivity contribution in [3.8, 4) is 0 Å². The van der Waals surface area contributed by atoms with Crippen LogP contribution in [0, 0.1) is 79.8 Å². The number of aliphatic hydroxyl groups excluding tert-OH is 4. The van der Waals surface area contributed by atoms with Crippen molar-refractivity contribution in [2.45, 2.75) is 236 Å². The quantitative estimate of drug-likeness (QED) is 0.0534. The van der Waals surface area contributed by atoms with E-state index in [4.69, 9.17) is 19.2 Å². The molecule has 20 unspecified atom stereocenters. The Kier molecular flexibility index (Phi) is 15.7. The number of rotatable bonds is 10. The van der Waals surface area contributed by atoms with Gasteiger partial charge in [-0.2, -0.15) is 0 Å². The number of carbonyl (C=O) groups excluding carboxylic acids is 4. The predicted molar refractivity (Wildman–Crippen MR) is 282 cm³/mol. The molecule has 0 amide bonds. The van der Waals surface area contributed by atoms with Crippen LogP contribution in [0.2, 0.25) is 0 Å². The molecule has 0 saturated heterocycles. The zero-order chi connectivity index (χ0) is 54.4. The molecule has 0 aromatic rings. The molecule has 8 aliphatic carbocycles. The molecule has 8 rings (SSSR count). The smallest absolute Gasteiger partial charge is 0.382 e. The SMILES string of the molecule is CC(=O)OC1CC2(C)C(CC(O)C3C4(C)CCC(O)C(C)C4CCC32C)/C1=C(\CCC=C(C)C)C(=O)OOC(=O)/C(CCC=C(C)C)=C1\C(OC(C)=O)CC2(C)C1CC(O)C1C3(C)CCC(O)C(C)C3CCC12C. The Bertz CT molecular complexity index is 2180. The standard InChI is InChI=1S/C62H94O12/c1-33(2)17-15-19-39(51-43-29-47(67)53-57(9)25-23-45(65)35(5)41(57)21-27-59(53,11)61(43,13)31-49(51)71-37(7)63)55(69)73-74-56(70)40(20-16-18-34(3)4)52-44-30-48(68)54-58(10)26-24-46(66)36(6)42(58)22-28-60(54,12)62(44,14)32-50(52)72-38(8)64/h17-18,35-36,41-50,53-54,65-68H,15-16,19-32H2,1-14H3/b51-39-,52-40-. The van der Waals surface area contributed by atoms with E-state index in [2.05, 4.69) is 55.4 Å². The molecule has 12 nitrogen and oxygen atoms in total. The van der Waals surface area contributed by atoms with Gasteiger partial charge in [-0.3, -0.25) is 9.59 Å². The molecular weight excluding hydrogens is 937 g/mol. The highest BCUT2D eigenvalue weighted by Crippen LogP contribution is 2.76. The van der Waals surface area contributed by atoms with Gasteiger partial charge in [-0.15, -0.1) is 0 Å². The van der Waals surface area contributed by atoms with Gasteiger partial charge in [0.15, 0.2) is 0 Å². The summed E-state index contributed by atoms with van der Waals surface area (Å²) in [6.45, 7) is 28.7. The number of hydrogen-bond donors (Lipinski definition) is 4. The molecule has 12 heteroatoms. The van der Waals surface area contributed by atoms with Crippen LogP contribution in [0.4, 0.5) is 0 Å². The van der Waals surface area contributed by atoms with Crippen molar-refractivity contribution in [2.75, 3.05) is 0 Å². The van der Waals surface area contributed by atoms with Crippen LogP contribution in [0.25, 0.3) is 0 Å². The first kappa shape index (κ1) is 56.9. The van der Waals surface area contributed by atoms with Gasteiger partial charge >= 0.3 is 23.9 Å². The maximum atomic E-state index is 15.1. The zero-order valence-electron chi connectivity index (χ0n) is 47.6. The lowest BCUT2D eigenvalue weighted by Crippen LogP contribution is -2.65. The molecule has 414 valence electrons. The van der Waals surface area contributed by atoms with E-state index in [1.165, 1.54) is 13.8 Å². The van der Waals surface area contributed by atoms with E-state index >= 15 is 9.59 Å². The Morgan fingerprint density at radius 3 is 1.19 bits per heavy atom. The van der Waals surface area contributed by atoms with Gasteiger partial charge in [-0.25, -0.2) is 19.4 Å². The molecule has 0 radical (unpaired) electrons. The normalized spacial score (nSPS) is 46.4. The summed E-state index contributed by atoms with van der Waals surface area (Å²) in [4.78, 5) is 68.0. The van der Waals surface area contributed by atoms with Crippen LogP contribution in [-0.2, 0) is 38.4 Å². The van der Waals surface area contributed by atoms with Crippen molar-refractivity contribution in [3.63, 3.8) is 0 Å². The second kappa shape index (κ2) is 20.5. The number of hydrogen-bond acceptors (Lipinski definition) is 12. The number of fused-ring (bicyclic) bond motifs is 10. The third kappa shape index (κ3) is 9.12. The van der Waals surface area contributed by atoms with E-state index in [0.717, 1.165) is 49.7 Å². The molecule has 0 heterocycles. The number of aliphatic hydroxyl groups is 4. The van der Waals surface area contributed by atoms with Crippen molar-refractivity contribution >= 4 is 23.9 Å². The van der Waals surface area contributed by atoms with Crippen molar-refractivity contribution in [3.05, 3.63) is 45.6 Å². The molecule has 0 bridgehead atoms. The van der Waals surface area contributed by atoms with Gasteiger partial charge in [0.25, 0.3) is 0 Å². The topological polar surface area (TPSA) is 186 Å². The molecule has 0 spiro atoms. The Morgan fingerprint density at radius 2 is 0.865 bits per heavy atom. The second-order valence-corrected chi connectivity index (χ2v) is 27.4. The minimum atomic E-state index is -0.855. The molecule has 74 heavy (non-hydrogen) atoms. The van der Waals surface area contributed by atoms with Gasteiger partial charge < -0.3 is 29.9 Å². The highest BCUT2D eigenvalue weighted by atomic mass is 17.2. The van der Waals surface area contributed by atoms with Crippen molar-refractivity contribution in [1.29, 1.82) is 0 Å². The van der Waals surface area contributed by atoms with E-state index in [1.54, 1.807) is 0 Å². The summed E-state index contributed by atoms with van der Waals surface area (Å²) in [7, 11) is 0. The van der Waals surface area contributed by atoms with Crippen molar-refractivity contribution in [1.82, 2.24) is 0 Å². The molecule has 0 aromatic carbocycles. The van der Waals surface area contributed by atoms with Gasteiger partial charge in [0, 0.05) is 25.0 Å². The number of allylic oxidation sites excluding steroid dienone is 4. The first-order chi connectivity index (χ1) is 34.5. The second-order valence-electron chi connectivity index (χ2n) is 27.4. The largest absolute Gasteiger partial charge is 0.458 e. The monoisotopic (exact) mass is 1030 g/mol. The fraction of sp³-hybridized carbons (Fsp3) is 0.806. The average molecular weight is 1030 g/mol.